The number of para-hydroxylation sites is 1. The summed E-state index contributed by atoms with van der Waals surface area (Å²) in [4.78, 5) is 17.5. The van der Waals surface area contributed by atoms with Crippen LogP contribution < -0.4 is 10.1 Å². The van der Waals surface area contributed by atoms with Gasteiger partial charge in [-0.2, -0.15) is 4.31 Å². The van der Waals surface area contributed by atoms with E-state index in [1.807, 2.05) is 43.5 Å². The van der Waals surface area contributed by atoms with Gasteiger partial charge >= 0.3 is 0 Å². The normalized spacial score (nSPS) is 16.6. The fourth-order valence-electron chi connectivity index (χ4n) is 4.66. The lowest BCUT2D eigenvalue weighted by Gasteiger charge is -2.34. The van der Waals surface area contributed by atoms with Crippen LogP contribution in [0, 0.1) is 0 Å². The highest BCUT2D eigenvalue weighted by Gasteiger charge is 2.32. The lowest BCUT2D eigenvalue weighted by molar-refractivity contribution is 0.102. The number of aromatic nitrogens is 1. The van der Waals surface area contributed by atoms with Crippen molar-refractivity contribution >= 4 is 43.4 Å². The predicted molar refractivity (Wildman–Crippen MR) is 145 cm³/mol. The molecule has 0 saturated carbocycles. The van der Waals surface area contributed by atoms with Crippen molar-refractivity contribution in [2.24, 2.45) is 0 Å². The molecule has 3 heterocycles. The summed E-state index contributed by atoms with van der Waals surface area (Å²) in [6, 6.07) is 13.7. The molecule has 1 saturated heterocycles. The topological polar surface area (TPSA) is 102 Å². The summed E-state index contributed by atoms with van der Waals surface area (Å²) in [6.07, 6.45) is 3.59. The minimum atomic E-state index is -3.60. The Morgan fingerprint density at radius 2 is 2.00 bits per heavy atom. The number of sulfonamides is 1. The molecule has 1 unspecified atom stereocenters. The molecular weight excluding hydrogens is 510 g/mol. The Balaban J connectivity index is 1.29. The molecule has 1 fully saturated rings. The fourth-order valence-corrected chi connectivity index (χ4v) is 7.12. The van der Waals surface area contributed by atoms with Crippen molar-refractivity contribution in [3.63, 3.8) is 0 Å². The molecule has 37 heavy (non-hydrogen) atoms. The number of carbonyl (C=O) groups excluding carboxylic acids is 1. The Labute approximate surface area is 220 Å². The van der Waals surface area contributed by atoms with Crippen LogP contribution in [0.4, 0.5) is 5.13 Å². The number of amides is 1. The Morgan fingerprint density at radius 3 is 2.76 bits per heavy atom. The number of nitrogens with one attached hydrogen (secondary N) is 1. The molecule has 0 radical (unpaired) electrons. The average molecular weight is 540 g/mol. The molecule has 2 aromatic heterocycles. The number of rotatable bonds is 8. The Kier molecular flexibility index (Phi) is 7.32. The molecule has 0 aliphatic carbocycles. The minimum absolute atomic E-state index is 0.0262. The number of furan rings is 1. The molecule has 1 amide bonds. The lowest BCUT2D eigenvalue weighted by atomic mass is 10.0. The number of nitrogens with zero attached hydrogens (tertiary/aromatic N) is 2. The zero-order valence-electron chi connectivity index (χ0n) is 20.8. The lowest BCUT2D eigenvalue weighted by Crippen LogP contribution is -2.43. The van der Waals surface area contributed by atoms with Crippen LogP contribution in [0.1, 0.15) is 49.9 Å². The number of carbonyl (C=O) groups is 1. The van der Waals surface area contributed by atoms with E-state index in [1.54, 1.807) is 4.31 Å². The number of hydrogen-bond donors (Lipinski definition) is 1. The highest BCUT2D eigenvalue weighted by atomic mass is 32.2. The molecule has 10 heteroatoms. The van der Waals surface area contributed by atoms with Gasteiger partial charge in [0, 0.05) is 28.9 Å². The van der Waals surface area contributed by atoms with Crippen LogP contribution in [0.3, 0.4) is 0 Å². The quantitative estimate of drug-likeness (QED) is 0.288. The molecule has 1 aliphatic heterocycles. The average Bonchev–Trinajstić information content (AvgIpc) is 3.56. The van der Waals surface area contributed by atoms with Crippen molar-refractivity contribution in [2.75, 3.05) is 18.5 Å². The molecule has 1 atom stereocenters. The summed E-state index contributed by atoms with van der Waals surface area (Å²) < 4.78 is 39.6. The largest absolute Gasteiger partial charge is 0.490 e. The second-order valence-corrected chi connectivity index (χ2v) is 11.7. The first-order valence-electron chi connectivity index (χ1n) is 12.4. The van der Waals surface area contributed by atoms with E-state index >= 15 is 0 Å². The maximum atomic E-state index is 13.2. The van der Waals surface area contributed by atoms with Crippen LogP contribution in [-0.4, -0.2) is 42.8 Å². The molecule has 5 rings (SSSR count). The number of fused-ring (bicyclic) bond motifs is 1. The summed E-state index contributed by atoms with van der Waals surface area (Å²) >= 11 is 1.28. The van der Waals surface area contributed by atoms with Crippen LogP contribution in [0.5, 0.6) is 5.75 Å². The van der Waals surface area contributed by atoms with Gasteiger partial charge in [-0.15, -0.1) is 11.3 Å². The van der Waals surface area contributed by atoms with Gasteiger partial charge in [-0.25, -0.2) is 13.4 Å². The first-order chi connectivity index (χ1) is 17.9. The van der Waals surface area contributed by atoms with E-state index in [2.05, 4.69) is 10.3 Å². The zero-order valence-corrected chi connectivity index (χ0v) is 22.4. The van der Waals surface area contributed by atoms with E-state index in [4.69, 9.17) is 9.15 Å². The smallest absolute Gasteiger partial charge is 0.257 e. The summed E-state index contributed by atoms with van der Waals surface area (Å²) in [5, 5.41) is 5.93. The molecule has 1 N–H and O–H groups in total. The Hall–Kier alpha value is -3.21. The number of anilines is 1. The van der Waals surface area contributed by atoms with Gasteiger partial charge in [0.05, 0.1) is 11.5 Å². The van der Waals surface area contributed by atoms with Crippen molar-refractivity contribution in [2.45, 2.75) is 50.5 Å². The van der Waals surface area contributed by atoms with Gasteiger partial charge in [0.25, 0.3) is 5.91 Å². The molecular formula is C27H29N3O5S2. The van der Waals surface area contributed by atoms with Crippen molar-refractivity contribution in [1.29, 1.82) is 0 Å². The summed E-state index contributed by atoms with van der Waals surface area (Å²) in [7, 11) is -3.60. The van der Waals surface area contributed by atoms with E-state index in [0.717, 1.165) is 31.1 Å². The van der Waals surface area contributed by atoms with E-state index in [-0.39, 0.29) is 16.8 Å². The zero-order chi connectivity index (χ0) is 26.0. The van der Waals surface area contributed by atoms with Crippen molar-refractivity contribution in [3.8, 4) is 17.2 Å². The van der Waals surface area contributed by atoms with Gasteiger partial charge in [0.2, 0.25) is 10.0 Å². The third-order valence-corrected chi connectivity index (χ3v) is 9.28. The fraction of sp³-hybridized carbons (Fsp3) is 0.333. The van der Waals surface area contributed by atoms with E-state index in [0.29, 0.717) is 46.6 Å². The number of hydrogen-bond acceptors (Lipinski definition) is 7. The van der Waals surface area contributed by atoms with E-state index < -0.39 is 10.0 Å². The van der Waals surface area contributed by atoms with Crippen LogP contribution in [-0.2, 0) is 10.0 Å². The third kappa shape index (κ3) is 5.14. The number of piperidine rings is 1. The first-order valence-corrected chi connectivity index (χ1v) is 14.8. The second kappa shape index (κ2) is 10.6. The van der Waals surface area contributed by atoms with Crippen molar-refractivity contribution in [3.05, 3.63) is 59.5 Å². The standard InChI is InChI=1S/C27H29N3O5S2/c1-3-20-9-5-6-15-30(20)37(32,33)21-13-11-18(12-14-21)26(31)29-27-28-22(17-36-27)24-16-19-8-7-10-23(34-4-2)25(19)35-24/h7-8,10-14,16-17,20H,3-6,9,15H2,1-2H3,(H,28,29,31). The molecule has 8 nitrogen and oxygen atoms in total. The van der Waals surface area contributed by atoms with Crippen LogP contribution in [0.2, 0.25) is 0 Å². The molecule has 0 spiro atoms. The minimum Gasteiger partial charge on any atom is -0.490 e. The van der Waals surface area contributed by atoms with Crippen LogP contribution in [0.15, 0.2) is 63.2 Å². The van der Waals surface area contributed by atoms with Crippen LogP contribution >= 0.6 is 11.3 Å². The molecule has 194 valence electrons. The Bertz CT molecular complexity index is 1510. The summed E-state index contributed by atoms with van der Waals surface area (Å²) in [5.41, 5.74) is 1.61. The maximum Gasteiger partial charge on any atom is 0.257 e. The SMILES string of the molecule is CCOc1cccc2cc(-c3csc(NC(=O)c4ccc(S(=O)(=O)N5CCCCC5CC)cc4)n3)oc12. The van der Waals surface area contributed by atoms with Gasteiger partial charge in [-0.1, -0.05) is 25.5 Å². The molecule has 4 aromatic rings. The third-order valence-electron chi connectivity index (χ3n) is 6.55. The van der Waals surface area contributed by atoms with E-state index in [9.17, 15) is 13.2 Å². The first kappa shape index (κ1) is 25.4. The van der Waals surface area contributed by atoms with Crippen LogP contribution in [0.25, 0.3) is 22.4 Å². The number of benzene rings is 2. The molecule has 1 aliphatic rings. The Morgan fingerprint density at radius 1 is 1.19 bits per heavy atom. The summed E-state index contributed by atoms with van der Waals surface area (Å²) in [5.74, 6) is 0.889. The summed E-state index contributed by atoms with van der Waals surface area (Å²) in [6.45, 7) is 5.00. The number of thiazole rings is 1. The van der Waals surface area contributed by atoms with Crippen molar-refractivity contribution < 1.29 is 22.4 Å². The monoisotopic (exact) mass is 539 g/mol. The van der Waals surface area contributed by atoms with Crippen molar-refractivity contribution in [1.82, 2.24) is 9.29 Å². The molecule has 2 aromatic carbocycles. The van der Waals surface area contributed by atoms with Gasteiger partial charge in [-0.3, -0.25) is 10.1 Å². The highest BCUT2D eigenvalue weighted by molar-refractivity contribution is 7.89. The predicted octanol–water partition coefficient (Wildman–Crippen LogP) is 6.16. The van der Waals surface area contributed by atoms with E-state index in [1.165, 1.54) is 35.6 Å². The second-order valence-electron chi connectivity index (χ2n) is 8.91. The van der Waals surface area contributed by atoms with Gasteiger partial charge < -0.3 is 9.15 Å². The highest BCUT2D eigenvalue weighted by Crippen LogP contribution is 2.35. The number of ether oxygens (including phenoxy) is 1. The maximum absolute atomic E-state index is 13.2. The van der Waals surface area contributed by atoms with Gasteiger partial charge in [-0.05, 0) is 62.6 Å². The molecule has 0 bridgehead atoms. The van der Waals surface area contributed by atoms with Gasteiger partial charge in [0.1, 0.15) is 5.69 Å². The van der Waals surface area contributed by atoms with Gasteiger partial charge in [0.15, 0.2) is 22.2 Å².